The molecule has 7 heteroatoms. The number of esters is 1. The van der Waals surface area contributed by atoms with Gasteiger partial charge < -0.3 is 9.15 Å². The van der Waals surface area contributed by atoms with Crippen molar-refractivity contribution in [2.45, 2.75) is 11.8 Å². The van der Waals surface area contributed by atoms with Crippen LogP contribution in [0.4, 0.5) is 0 Å². The van der Waals surface area contributed by atoms with E-state index < -0.39 is 5.97 Å². The first-order chi connectivity index (χ1) is 9.11. The number of hydrogen-bond acceptors (Lipinski definition) is 5. The molecular weight excluding hydrogens is 336 g/mol. The molecule has 0 aliphatic heterocycles. The van der Waals surface area contributed by atoms with Gasteiger partial charge in [0.2, 0.25) is 5.89 Å². The van der Waals surface area contributed by atoms with Crippen molar-refractivity contribution in [2.75, 3.05) is 6.61 Å². The number of aromatic nitrogens is 2. The summed E-state index contributed by atoms with van der Waals surface area (Å²) in [6.45, 7) is 1.96. The molecule has 1 heterocycles. The second-order valence-corrected chi connectivity index (χ2v) is 4.93. The van der Waals surface area contributed by atoms with Crippen LogP contribution in [0.1, 0.15) is 33.9 Å². The molecule has 2 aromatic rings. The Morgan fingerprint density at radius 2 is 2.11 bits per heavy atom. The zero-order chi connectivity index (χ0) is 13.8. The number of carbonyl (C=O) groups excluding carboxylic acids is 1. The van der Waals surface area contributed by atoms with Crippen molar-refractivity contribution in [3.63, 3.8) is 0 Å². The van der Waals surface area contributed by atoms with Crippen LogP contribution in [-0.4, -0.2) is 22.8 Å². The highest BCUT2D eigenvalue weighted by molar-refractivity contribution is 9.09. The molecule has 0 fully saturated rings. The van der Waals surface area contributed by atoms with Crippen molar-refractivity contribution in [3.8, 4) is 0 Å². The number of rotatable bonds is 4. The van der Waals surface area contributed by atoms with E-state index in [1.807, 2.05) is 12.1 Å². The van der Waals surface area contributed by atoms with Crippen molar-refractivity contribution in [3.05, 3.63) is 46.6 Å². The molecule has 5 nitrogen and oxygen atoms in total. The zero-order valence-corrected chi connectivity index (χ0v) is 12.3. The van der Waals surface area contributed by atoms with Crippen molar-refractivity contribution in [2.24, 2.45) is 0 Å². The first-order valence-corrected chi connectivity index (χ1v) is 6.81. The quantitative estimate of drug-likeness (QED) is 0.628. The third-order valence-corrected chi connectivity index (χ3v) is 3.44. The Hall–Kier alpha value is -1.40. The van der Waals surface area contributed by atoms with E-state index in [-0.39, 0.29) is 23.2 Å². The number of carbonyl (C=O) groups is 1. The van der Waals surface area contributed by atoms with Gasteiger partial charge in [-0.3, -0.25) is 0 Å². The summed E-state index contributed by atoms with van der Waals surface area (Å²) in [5.41, 5.74) is 0.892. The van der Waals surface area contributed by atoms with Crippen LogP contribution in [-0.2, 0) is 4.74 Å². The maximum atomic E-state index is 11.4. The molecule has 1 aromatic heterocycles. The number of hydrogen-bond donors (Lipinski definition) is 0. The van der Waals surface area contributed by atoms with E-state index >= 15 is 0 Å². The fourth-order valence-electron chi connectivity index (χ4n) is 1.39. The molecule has 0 aliphatic rings. The lowest BCUT2D eigenvalue weighted by Gasteiger charge is -2.04. The zero-order valence-electron chi connectivity index (χ0n) is 9.97. The Labute approximate surface area is 123 Å². The van der Waals surface area contributed by atoms with Crippen LogP contribution < -0.4 is 0 Å². The molecule has 1 atom stereocenters. The Bertz CT molecular complexity index is 571. The first kappa shape index (κ1) is 14.0. The van der Waals surface area contributed by atoms with Gasteiger partial charge in [-0.25, -0.2) is 4.79 Å². The second-order valence-electron chi connectivity index (χ2n) is 3.58. The second kappa shape index (κ2) is 6.16. The van der Waals surface area contributed by atoms with Gasteiger partial charge in [0.05, 0.1) is 6.61 Å². The van der Waals surface area contributed by atoms with Crippen LogP contribution in [0.15, 0.2) is 28.7 Å². The lowest BCUT2D eigenvalue weighted by Crippen LogP contribution is -2.04. The van der Waals surface area contributed by atoms with E-state index in [0.29, 0.717) is 5.02 Å². The molecule has 0 saturated carbocycles. The fourth-order valence-corrected chi connectivity index (χ4v) is 2.00. The number of halogens is 2. The van der Waals surface area contributed by atoms with Gasteiger partial charge in [-0.1, -0.05) is 39.7 Å². The lowest BCUT2D eigenvalue weighted by molar-refractivity contribution is 0.0479. The largest absolute Gasteiger partial charge is 0.459 e. The third-order valence-electron chi connectivity index (χ3n) is 2.27. The number of alkyl halides is 1. The molecule has 2 rings (SSSR count). The smallest absolute Gasteiger partial charge is 0.396 e. The highest BCUT2D eigenvalue weighted by Gasteiger charge is 2.21. The number of nitrogens with zero attached hydrogens (tertiary/aromatic N) is 2. The predicted octanol–water partition coefficient (Wildman–Crippen LogP) is 3.38. The monoisotopic (exact) mass is 344 g/mol. The summed E-state index contributed by atoms with van der Waals surface area (Å²) in [6, 6.07) is 7.17. The van der Waals surface area contributed by atoms with E-state index in [4.69, 9.17) is 20.8 Å². The molecular formula is C12H10BrClN2O3. The highest BCUT2D eigenvalue weighted by Crippen LogP contribution is 2.30. The van der Waals surface area contributed by atoms with Crippen molar-refractivity contribution < 1.29 is 13.9 Å². The molecule has 0 amide bonds. The van der Waals surface area contributed by atoms with Crippen molar-refractivity contribution in [1.82, 2.24) is 10.2 Å². The molecule has 0 N–H and O–H groups in total. The van der Waals surface area contributed by atoms with Gasteiger partial charge in [0.25, 0.3) is 0 Å². The molecule has 0 bridgehead atoms. The van der Waals surface area contributed by atoms with Gasteiger partial charge in [-0.2, -0.15) is 0 Å². The Morgan fingerprint density at radius 1 is 1.42 bits per heavy atom. The van der Waals surface area contributed by atoms with Gasteiger partial charge in [0.1, 0.15) is 4.83 Å². The minimum Gasteiger partial charge on any atom is -0.459 e. The van der Waals surface area contributed by atoms with Crippen LogP contribution >= 0.6 is 27.5 Å². The molecule has 0 saturated heterocycles. The van der Waals surface area contributed by atoms with E-state index in [0.717, 1.165) is 5.56 Å². The highest BCUT2D eigenvalue weighted by atomic mass is 79.9. The topological polar surface area (TPSA) is 65.2 Å². The third kappa shape index (κ3) is 3.33. The summed E-state index contributed by atoms with van der Waals surface area (Å²) in [4.78, 5) is 11.1. The Morgan fingerprint density at radius 3 is 2.74 bits per heavy atom. The van der Waals surface area contributed by atoms with Gasteiger partial charge in [-0.05, 0) is 24.6 Å². The standard InChI is InChI=1S/C12H10BrClN2O3/c1-2-18-12(17)11-16-15-10(19-11)9(13)7-3-5-8(14)6-4-7/h3-6,9H,2H2,1H3/t9-/m0/s1. The van der Waals surface area contributed by atoms with Crippen LogP contribution in [0.5, 0.6) is 0 Å². The summed E-state index contributed by atoms with van der Waals surface area (Å²) in [6.07, 6.45) is 0. The van der Waals surface area contributed by atoms with Crippen LogP contribution in [0.2, 0.25) is 5.02 Å². The molecule has 0 unspecified atom stereocenters. The Balaban J connectivity index is 2.18. The fraction of sp³-hybridized carbons (Fsp3) is 0.250. The van der Waals surface area contributed by atoms with Crippen molar-refractivity contribution >= 4 is 33.5 Å². The summed E-state index contributed by atoms with van der Waals surface area (Å²) < 4.78 is 10.0. The molecule has 1 aromatic carbocycles. The molecule has 0 radical (unpaired) electrons. The van der Waals surface area contributed by atoms with E-state index in [9.17, 15) is 4.79 Å². The SMILES string of the molecule is CCOC(=O)c1nnc([C@@H](Br)c2ccc(Cl)cc2)o1. The number of benzene rings is 1. The van der Waals surface area contributed by atoms with E-state index in [1.165, 1.54) is 0 Å². The average molecular weight is 346 g/mol. The summed E-state index contributed by atoms with van der Waals surface area (Å²) in [5, 5.41) is 8.11. The van der Waals surface area contributed by atoms with Crippen LogP contribution in [0, 0.1) is 0 Å². The average Bonchev–Trinajstić information content (AvgIpc) is 2.89. The van der Waals surface area contributed by atoms with Gasteiger partial charge >= 0.3 is 11.9 Å². The summed E-state index contributed by atoms with van der Waals surface area (Å²) >= 11 is 9.24. The normalized spacial score (nSPS) is 12.2. The van der Waals surface area contributed by atoms with Gasteiger partial charge in [0.15, 0.2) is 0 Å². The van der Waals surface area contributed by atoms with Crippen molar-refractivity contribution in [1.29, 1.82) is 0 Å². The van der Waals surface area contributed by atoms with E-state index in [1.54, 1.807) is 19.1 Å². The summed E-state index contributed by atoms with van der Waals surface area (Å²) in [7, 11) is 0. The predicted molar refractivity (Wildman–Crippen MR) is 72.5 cm³/mol. The molecule has 0 spiro atoms. The van der Waals surface area contributed by atoms with Crippen LogP contribution in [0.3, 0.4) is 0 Å². The molecule has 19 heavy (non-hydrogen) atoms. The van der Waals surface area contributed by atoms with Gasteiger partial charge in [0, 0.05) is 5.02 Å². The minimum absolute atomic E-state index is 0.157. The maximum absolute atomic E-state index is 11.4. The minimum atomic E-state index is -0.628. The maximum Gasteiger partial charge on any atom is 0.396 e. The molecule has 100 valence electrons. The first-order valence-electron chi connectivity index (χ1n) is 5.52. The van der Waals surface area contributed by atoms with Crippen LogP contribution in [0.25, 0.3) is 0 Å². The lowest BCUT2D eigenvalue weighted by atomic mass is 10.1. The Kier molecular flexibility index (Phi) is 4.55. The summed E-state index contributed by atoms with van der Waals surface area (Å²) in [5.74, 6) is -0.502. The van der Waals surface area contributed by atoms with Gasteiger partial charge in [-0.15, -0.1) is 10.2 Å². The number of ether oxygens (including phenoxy) is 1. The van der Waals surface area contributed by atoms with E-state index in [2.05, 4.69) is 26.1 Å². The molecule has 0 aliphatic carbocycles.